The fourth-order valence-corrected chi connectivity index (χ4v) is 5.18. The van der Waals surface area contributed by atoms with Crippen LogP contribution in [-0.4, -0.2) is 53.1 Å². The van der Waals surface area contributed by atoms with E-state index in [0.29, 0.717) is 46.8 Å². The molecule has 1 aliphatic heterocycles. The van der Waals surface area contributed by atoms with Gasteiger partial charge in [-0.15, -0.1) is 0 Å². The van der Waals surface area contributed by atoms with Crippen molar-refractivity contribution >= 4 is 12.1 Å². The van der Waals surface area contributed by atoms with Crippen molar-refractivity contribution in [2.45, 2.75) is 59.6 Å². The Morgan fingerprint density at radius 1 is 1.02 bits per heavy atom. The Morgan fingerprint density at radius 2 is 1.63 bits per heavy atom. The molecule has 1 N–H and O–H groups in total. The van der Waals surface area contributed by atoms with Gasteiger partial charge in [-0.3, -0.25) is 9.13 Å². The molecular formula is C30H32FN5O5. The third kappa shape index (κ3) is 5.03. The van der Waals surface area contributed by atoms with Crippen molar-refractivity contribution < 1.29 is 23.8 Å². The number of benzene rings is 2. The molecule has 11 heteroatoms. The summed E-state index contributed by atoms with van der Waals surface area (Å²) in [6.07, 6.45) is 3.15. The molecule has 0 fully saturated rings. The van der Waals surface area contributed by atoms with Crippen LogP contribution in [0, 0.1) is 19.7 Å². The van der Waals surface area contributed by atoms with E-state index in [1.54, 1.807) is 80.9 Å². The third-order valence-corrected chi connectivity index (χ3v) is 7.14. The van der Waals surface area contributed by atoms with Gasteiger partial charge in [0.15, 0.2) is 0 Å². The second-order valence-electron chi connectivity index (χ2n) is 11.3. The summed E-state index contributed by atoms with van der Waals surface area (Å²) < 4.78 is 24.7. The largest absolute Gasteiger partial charge is 0.478 e. The molecule has 0 aliphatic carbocycles. The van der Waals surface area contributed by atoms with Crippen LogP contribution in [0.25, 0.3) is 17.2 Å². The molecule has 1 atom stereocenters. The Balaban J connectivity index is 1.69. The number of nitrogens with zero attached hydrogens (tertiary/aromatic N) is 5. The minimum Gasteiger partial charge on any atom is -0.478 e. The molecule has 2 aromatic carbocycles. The molecule has 1 amide bonds. The predicted octanol–water partition coefficient (Wildman–Crippen LogP) is 5.12. The van der Waals surface area contributed by atoms with Gasteiger partial charge in [0.25, 0.3) is 0 Å². The Labute approximate surface area is 236 Å². The Kier molecular flexibility index (Phi) is 6.84. The van der Waals surface area contributed by atoms with Crippen LogP contribution < -0.4 is 5.69 Å². The minimum atomic E-state index is -1.06. The van der Waals surface area contributed by atoms with Crippen LogP contribution in [0.2, 0.25) is 0 Å². The summed E-state index contributed by atoms with van der Waals surface area (Å²) in [5.41, 5.74) is 2.33. The van der Waals surface area contributed by atoms with E-state index in [1.165, 1.54) is 21.3 Å². The number of aromatic carboxylic acids is 1. The van der Waals surface area contributed by atoms with Crippen LogP contribution in [-0.2, 0) is 11.2 Å². The first kappa shape index (κ1) is 27.9. The van der Waals surface area contributed by atoms with Gasteiger partial charge < -0.3 is 14.7 Å². The van der Waals surface area contributed by atoms with Crippen LogP contribution >= 0.6 is 0 Å². The molecule has 5 rings (SSSR count). The lowest BCUT2D eigenvalue weighted by Crippen LogP contribution is -2.42. The number of ether oxygens (including phenoxy) is 1. The second-order valence-corrected chi connectivity index (χ2v) is 11.3. The Hall–Kier alpha value is -4.67. The molecule has 1 aliphatic rings. The van der Waals surface area contributed by atoms with Gasteiger partial charge in [-0.05, 0) is 89.1 Å². The van der Waals surface area contributed by atoms with E-state index in [0.717, 1.165) is 5.69 Å². The summed E-state index contributed by atoms with van der Waals surface area (Å²) in [6, 6.07) is 8.84. The smallest absolute Gasteiger partial charge is 0.410 e. The minimum absolute atomic E-state index is 0.103. The molecule has 0 radical (unpaired) electrons. The average molecular weight is 562 g/mol. The van der Waals surface area contributed by atoms with E-state index in [-0.39, 0.29) is 11.4 Å². The number of amides is 1. The molecular weight excluding hydrogens is 529 g/mol. The average Bonchev–Trinajstić information content (AvgIpc) is 3.46. The maximum atomic E-state index is 14.6. The number of aryl methyl sites for hydroxylation is 2. The summed E-state index contributed by atoms with van der Waals surface area (Å²) in [7, 11) is 0. The lowest BCUT2D eigenvalue weighted by molar-refractivity contribution is 0.0159. The highest BCUT2D eigenvalue weighted by Crippen LogP contribution is 2.36. The van der Waals surface area contributed by atoms with Crippen molar-refractivity contribution in [1.29, 1.82) is 0 Å². The number of hydrogen-bond donors (Lipinski definition) is 1. The summed E-state index contributed by atoms with van der Waals surface area (Å²) in [5, 5.41) is 14.1. The zero-order valence-corrected chi connectivity index (χ0v) is 23.8. The first-order valence-electron chi connectivity index (χ1n) is 13.3. The van der Waals surface area contributed by atoms with E-state index in [4.69, 9.17) is 9.84 Å². The quantitative estimate of drug-likeness (QED) is 0.370. The van der Waals surface area contributed by atoms with Crippen LogP contribution in [0.15, 0.2) is 53.6 Å². The number of carbonyl (C=O) groups excluding carboxylic acids is 1. The number of carboxylic acids is 1. The lowest BCUT2D eigenvalue weighted by atomic mass is 10.00. The molecule has 41 heavy (non-hydrogen) atoms. The molecule has 10 nitrogen and oxygen atoms in total. The van der Waals surface area contributed by atoms with E-state index in [9.17, 15) is 23.9 Å². The third-order valence-electron chi connectivity index (χ3n) is 7.14. The van der Waals surface area contributed by atoms with Gasteiger partial charge in [0.1, 0.15) is 17.2 Å². The Bertz CT molecular complexity index is 1700. The van der Waals surface area contributed by atoms with Crippen molar-refractivity contribution in [2.24, 2.45) is 0 Å². The molecule has 0 saturated heterocycles. The Morgan fingerprint density at radius 3 is 2.22 bits per heavy atom. The molecule has 2 aromatic heterocycles. The van der Waals surface area contributed by atoms with Gasteiger partial charge in [0, 0.05) is 30.9 Å². The molecule has 0 unspecified atom stereocenters. The van der Waals surface area contributed by atoms with E-state index in [1.807, 2.05) is 6.92 Å². The molecule has 0 bridgehead atoms. The van der Waals surface area contributed by atoms with Gasteiger partial charge in [-0.1, -0.05) is 0 Å². The van der Waals surface area contributed by atoms with E-state index < -0.39 is 29.4 Å². The highest BCUT2D eigenvalue weighted by molar-refractivity contribution is 5.87. The van der Waals surface area contributed by atoms with E-state index >= 15 is 0 Å². The lowest BCUT2D eigenvalue weighted by Gasteiger charge is -2.34. The van der Waals surface area contributed by atoms with Crippen molar-refractivity contribution in [3.8, 4) is 17.2 Å². The van der Waals surface area contributed by atoms with Gasteiger partial charge in [0.2, 0.25) is 0 Å². The molecule has 3 heterocycles. The van der Waals surface area contributed by atoms with Gasteiger partial charge in [-0.2, -0.15) is 5.10 Å². The monoisotopic (exact) mass is 561 g/mol. The number of carboxylic acid groups (broad SMARTS) is 1. The molecule has 0 spiro atoms. The van der Waals surface area contributed by atoms with Crippen molar-refractivity contribution in [3.63, 3.8) is 0 Å². The summed E-state index contributed by atoms with van der Waals surface area (Å²) in [6.45, 7) is 11.0. The molecule has 0 saturated carbocycles. The number of fused-ring (bicyclic) bond motifs is 1. The highest BCUT2D eigenvalue weighted by Gasteiger charge is 2.37. The van der Waals surface area contributed by atoms with Crippen LogP contribution in [0.1, 0.15) is 66.5 Å². The normalized spacial score (nSPS) is 15.1. The second kappa shape index (κ2) is 10.1. The SMILES string of the molecule is Cc1cc(-n2nc3c(c2-n2ccn(-c4ccc(C(=O)O)cc4)c2=O)[C@H](C)N(C(=O)OC(C)(C)C)CC3)cc(C)c1F. The molecule has 214 valence electrons. The maximum Gasteiger partial charge on any atom is 0.410 e. The number of carbonyl (C=O) groups is 2. The fourth-order valence-electron chi connectivity index (χ4n) is 5.18. The number of hydrogen-bond acceptors (Lipinski definition) is 5. The summed E-state index contributed by atoms with van der Waals surface area (Å²) in [5.74, 6) is -0.952. The zero-order valence-electron chi connectivity index (χ0n) is 23.8. The zero-order chi connectivity index (χ0) is 29.8. The van der Waals surface area contributed by atoms with Gasteiger partial charge >= 0.3 is 17.8 Å². The van der Waals surface area contributed by atoms with Crippen LogP contribution in [0.3, 0.4) is 0 Å². The molecule has 4 aromatic rings. The number of imidazole rings is 1. The standard InChI is InChI=1S/C30H32FN5O5/c1-17-15-22(16-18(2)25(17)31)36-26(24-19(3)33(12-11-23(24)32-36)29(40)41-30(4,5)6)35-14-13-34(28(35)39)21-9-7-20(8-10-21)27(37)38/h7-10,13-16,19H,11-12H2,1-6H3,(H,37,38)/t19-/m0/s1. The number of aromatic nitrogens is 4. The highest BCUT2D eigenvalue weighted by atomic mass is 19.1. The first-order chi connectivity index (χ1) is 19.3. The van der Waals surface area contributed by atoms with Crippen molar-refractivity contribution in [3.05, 3.63) is 93.0 Å². The number of halogens is 1. The van der Waals surface area contributed by atoms with Gasteiger partial charge in [-0.25, -0.2) is 23.5 Å². The van der Waals surface area contributed by atoms with Gasteiger partial charge in [0.05, 0.1) is 28.7 Å². The number of rotatable bonds is 4. The first-order valence-corrected chi connectivity index (χ1v) is 13.3. The van der Waals surface area contributed by atoms with Crippen molar-refractivity contribution in [1.82, 2.24) is 23.8 Å². The summed E-state index contributed by atoms with van der Waals surface area (Å²) >= 11 is 0. The van der Waals surface area contributed by atoms with Crippen LogP contribution in [0.5, 0.6) is 0 Å². The predicted molar refractivity (Wildman–Crippen MR) is 150 cm³/mol. The van der Waals surface area contributed by atoms with Crippen LogP contribution in [0.4, 0.5) is 9.18 Å². The summed E-state index contributed by atoms with van der Waals surface area (Å²) in [4.78, 5) is 39.9. The maximum absolute atomic E-state index is 14.6. The topological polar surface area (TPSA) is 112 Å². The fraction of sp³-hybridized carbons (Fsp3) is 0.333. The van der Waals surface area contributed by atoms with E-state index in [2.05, 4.69) is 0 Å². The van der Waals surface area contributed by atoms with Crippen molar-refractivity contribution in [2.75, 3.05) is 6.54 Å².